The van der Waals surface area contributed by atoms with Gasteiger partial charge in [0, 0.05) is 10.7 Å². The minimum absolute atomic E-state index is 0.000337. The molecule has 4 nitrogen and oxygen atoms in total. The first kappa shape index (κ1) is 18.7. The molecule has 0 bridgehead atoms. The molecule has 0 aliphatic carbocycles. The number of nitrogens with zero attached hydrogens (tertiary/aromatic N) is 2. The van der Waals surface area contributed by atoms with Gasteiger partial charge in [-0.25, -0.2) is 18.2 Å². The maximum Gasteiger partial charge on any atom is 0.256 e. The van der Waals surface area contributed by atoms with E-state index in [1.165, 1.54) is 22.8 Å². The van der Waals surface area contributed by atoms with E-state index in [9.17, 15) is 18.0 Å². The lowest BCUT2D eigenvalue weighted by atomic mass is 10.0. The summed E-state index contributed by atoms with van der Waals surface area (Å²) < 4.78 is 41.2. The molecule has 2 N–H and O–H groups in total. The Kier molecular flexibility index (Phi) is 4.98. The molecule has 0 aliphatic rings. The van der Waals surface area contributed by atoms with Crippen molar-refractivity contribution in [2.75, 3.05) is 5.73 Å². The first-order valence-electron chi connectivity index (χ1n) is 7.43. The molecule has 26 heavy (non-hydrogen) atoms. The predicted octanol–water partition coefficient (Wildman–Crippen LogP) is 4.98. The molecule has 0 unspecified atom stereocenters. The number of ketones is 1. The van der Waals surface area contributed by atoms with Crippen molar-refractivity contribution in [3.05, 3.63) is 56.5 Å². The molecule has 0 fully saturated rings. The normalized spacial score (nSPS) is 11.5. The zero-order valence-corrected chi connectivity index (χ0v) is 15.7. The molecule has 0 saturated heterocycles. The third kappa shape index (κ3) is 3.19. The fourth-order valence-corrected chi connectivity index (χ4v) is 3.63. The number of benzene rings is 2. The summed E-state index contributed by atoms with van der Waals surface area (Å²) in [6.07, 6.45) is -2.58. The molecule has 136 valence electrons. The Morgan fingerprint density at radius 1 is 1.38 bits per heavy atom. The number of hydrogen-bond donors (Lipinski definition) is 1. The van der Waals surface area contributed by atoms with Gasteiger partial charge in [0.05, 0.1) is 27.7 Å². The van der Waals surface area contributed by atoms with Crippen LogP contribution in [0.2, 0.25) is 5.02 Å². The Morgan fingerprint density at radius 3 is 2.73 bits per heavy atom. The zero-order chi connectivity index (χ0) is 19.2. The Morgan fingerprint density at radius 2 is 2.08 bits per heavy atom. The Bertz CT molecular complexity index is 1040. The number of nitrogen functional groups attached to an aromatic ring is 1. The van der Waals surface area contributed by atoms with E-state index in [2.05, 4.69) is 20.9 Å². The maximum absolute atomic E-state index is 14.1. The molecule has 1 heterocycles. The van der Waals surface area contributed by atoms with Crippen LogP contribution < -0.4 is 5.73 Å². The van der Waals surface area contributed by atoms with E-state index >= 15 is 0 Å². The van der Waals surface area contributed by atoms with Crippen LogP contribution in [0.1, 0.15) is 21.7 Å². The molecule has 0 spiro atoms. The second-order valence-corrected chi connectivity index (χ2v) is 6.87. The van der Waals surface area contributed by atoms with Gasteiger partial charge >= 0.3 is 0 Å². The largest absolute Gasteiger partial charge is 0.398 e. The Labute approximate surface area is 159 Å². The molecular formula is C17H12BrClF3N3O. The minimum atomic E-state index is -2.58. The molecule has 2 aromatic carbocycles. The van der Waals surface area contributed by atoms with E-state index in [4.69, 9.17) is 17.3 Å². The SMILES string of the molecule is Cc1nc2c(Br)c(C(=O)c3cc(Cl)ccc3F)c(N)cc2n1CC(F)F. The first-order chi connectivity index (χ1) is 12.2. The Hall–Kier alpha value is -2.06. The summed E-state index contributed by atoms with van der Waals surface area (Å²) in [5, 5.41) is 0.197. The van der Waals surface area contributed by atoms with Crippen LogP contribution in [0.3, 0.4) is 0 Å². The number of imidazole rings is 1. The van der Waals surface area contributed by atoms with Crippen LogP contribution in [0.15, 0.2) is 28.7 Å². The van der Waals surface area contributed by atoms with Crippen LogP contribution in [-0.2, 0) is 6.54 Å². The highest BCUT2D eigenvalue weighted by Gasteiger charge is 2.24. The van der Waals surface area contributed by atoms with Crippen molar-refractivity contribution < 1.29 is 18.0 Å². The van der Waals surface area contributed by atoms with Gasteiger partial charge in [0.25, 0.3) is 6.43 Å². The molecule has 1 aromatic heterocycles. The van der Waals surface area contributed by atoms with Crippen molar-refractivity contribution in [1.29, 1.82) is 0 Å². The van der Waals surface area contributed by atoms with Crippen molar-refractivity contribution in [1.82, 2.24) is 9.55 Å². The topological polar surface area (TPSA) is 60.9 Å². The first-order valence-corrected chi connectivity index (χ1v) is 8.60. The average Bonchev–Trinajstić information content (AvgIpc) is 2.86. The van der Waals surface area contributed by atoms with Crippen molar-refractivity contribution in [3.8, 4) is 0 Å². The monoisotopic (exact) mass is 445 g/mol. The highest BCUT2D eigenvalue weighted by atomic mass is 79.9. The molecular weight excluding hydrogens is 435 g/mol. The third-order valence-corrected chi connectivity index (χ3v) is 4.93. The van der Waals surface area contributed by atoms with E-state index in [0.29, 0.717) is 16.9 Å². The maximum atomic E-state index is 14.1. The quantitative estimate of drug-likeness (QED) is 0.454. The molecule has 0 saturated carbocycles. The summed E-state index contributed by atoms with van der Waals surface area (Å²) >= 11 is 9.11. The van der Waals surface area contributed by atoms with Gasteiger partial charge in [-0.1, -0.05) is 11.6 Å². The van der Waals surface area contributed by atoms with Crippen LogP contribution in [0.5, 0.6) is 0 Å². The van der Waals surface area contributed by atoms with Crippen molar-refractivity contribution in [3.63, 3.8) is 0 Å². The highest BCUT2D eigenvalue weighted by molar-refractivity contribution is 9.10. The van der Waals surface area contributed by atoms with Crippen LogP contribution in [0.4, 0.5) is 18.9 Å². The number of halogens is 5. The van der Waals surface area contributed by atoms with Gasteiger partial charge in [0.1, 0.15) is 17.2 Å². The van der Waals surface area contributed by atoms with Gasteiger partial charge in [-0.3, -0.25) is 4.79 Å². The average molecular weight is 447 g/mol. The lowest BCUT2D eigenvalue weighted by molar-refractivity contribution is 0.103. The predicted molar refractivity (Wildman–Crippen MR) is 97.4 cm³/mol. The lowest BCUT2D eigenvalue weighted by Crippen LogP contribution is -2.10. The summed E-state index contributed by atoms with van der Waals surface area (Å²) in [6, 6.07) is 5.00. The summed E-state index contributed by atoms with van der Waals surface area (Å²) in [5.74, 6) is -1.08. The van der Waals surface area contributed by atoms with Crippen LogP contribution >= 0.6 is 27.5 Å². The zero-order valence-electron chi connectivity index (χ0n) is 13.4. The van der Waals surface area contributed by atoms with E-state index < -0.39 is 24.6 Å². The number of hydrogen-bond acceptors (Lipinski definition) is 3. The van der Waals surface area contributed by atoms with Crippen LogP contribution in [0, 0.1) is 12.7 Å². The molecule has 0 radical (unpaired) electrons. The van der Waals surface area contributed by atoms with Gasteiger partial charge in [-0.05, 0) is 47.1 Å². The number of anilines is 1. The van der Waals surface area contributed by atoms with Gasteiger partial charge in [0.2, 0.25) is 0 Å². The summed E-state index contributed by atoms with van der Waals surface area (Å²) in [4.78, 5) is 17.0. The van der Waals surface area contributed by atoms with Crippen molar-refractivity contribution >= 4 is 50.0 Å². The van der Waals surface area contributed by atoms with E-state index in [1.807, 2.05) is 0 Å². The number of fused-ring (bicyclic) bond motifs is 1. The fraction of sp³-hybridized carbons (Fsp3) is 0.176. The number of aryl methyl sites for hydroxylation is 1. The van der Waals surface area contributed by atoms with Gasteiger partial charge in [0.15, 0.2) is 5.78 Å². The molecule has 3 aromatic rings. The van der Waals surface area contributed by atoms with Crippen molar-refractivity contribution in [2.45, 2.75) is 19.9 Å². The van der Waals surface area contributed by atoms with Gasteiger partial charge in [-0.15, -0.1) is 0 Å². The summed E-state index contributed by atoms with van der Waals surface area (Å²) in [5.41, 5.74) is 6.41. The van der Waals surface area contributed by atoms with Crippen LogP contribution in [0.25, 0.3) is 11.0 Å². The molecule has 9 heteroatoms. The molecule has 3 rings (SSSR count). The smallest absolute Gasteiger partial charge is 0.256 e. The number of rotatable bonds is 4. The lowest BCUT2D eigenvalue weighted by Gasteiger charge is -2.11. The standard InChI is InChI=1S/C17H12BrClF3N3O/c1-7-24-16-12(25(7)6-13(21)22)5-11(23)14(15(16)18)17(26)9-4-8(19)2-3-10(9)20/h2-5,13H,6,23H2,1H3. The molecule has 0 aliphatic heterocycles. The number of nitrogens with two attached hydrogens (primary N) is 1. The van der Waals surface area contributed by atoms with Gasteiger partial charge in [-0.2, -0.15) is 0 Å². The number of aromatic nitrogens is 2. The second-order valence-electron chi connectivity index (χ2n) is 5.64. The van der Waals surface area contributed by atoms with Crippen LogP contribution in [-0.4, -0.2) is 21.8 Å². The minimum Gasteiger partial charge on any atom is -0.398 e. The number of alkyl halides is 2. The third-order valence-electron chi connectivity index (χ3n) is 3.93. The van der Waals surface area contributed by atoms with E-state index in [0.717, 1.165) is 6.07 Å². The molecule has 0 amide bonds. The van der Waals surface area contributed by atoms with E-state index in [1.54, 1.807) is 6.92 Å². The molecule has 0 atom stereocenters. The van der Waals surface area contributed by atoms with Gasteiger partial charge < -0.3 is 10.3 Å². The second kappa shape index (κ2) is 6.92. The van der Waals surface area contributed by atoms with E-state index in [-0.39, 0.29) is 26.3 Å². The summed E-state index contributed by atoms with van der Waals surface area (Å²) in [7, 11) is 0. The summed E-state index contributed by atoms with van der Waals surface area (Å²) in [6.45, 7) is 1.02. The number of carbonyl (C=O) groups excluding carboxylic acids is 1. The number of carbonyl (C=O) groups is 1. The fourth-order valence-electron chi connectivity index (χ4n) is 2.76. The van der Waals surface area contributed by atoms with Crippen molar-refractivity contribution in [2.24, 2.45) is 0 Å². The Balaban J connectivity index is 2.22. The highest BCUT2D eigenvalue weighted by Crippen LogP contribution is 2.35.